The third-order valence-corrected chi connectivity index (χ3v) is 4.48. The van der Waals surface area contributed by atoms with E-state index in [0.29, 0.717) is 13.1 Å². The lowest BCUT2D eigenvalue weighted by Crippen LogP contribution is -2.52. The van der Waals surface area contributed by atoms with Crippen LogP contribution in [0.5, 0.6) is 5.75 Å². The quantitative estimate of drug-likeness (QED) is 0.717. The van der Waals surface area contributed by atoms with Gasteiger partial charge < -0.3 is 20.3 Å². The number of piperazine rings is 1. The fourth-order valence-corrected chi connectivity index (χ4v) is 2.93. The first kappa shape index (κ1) is 20.0. The summed E-state index contributed by atoms with van der Waals surface area (Å²) in [5.41, 5.74) is 1.13. The molecule has 7 heteroatoms. The van der Waals surface area contributed by atoms with Crippen LogP contribution in [0.3, 0.4) is 0 Å². The lowest BCUT2D eigenvalue weighted by Gasteiger charge is -2.36. The molecule has 144 valence electrons. The van der Waals surface area contributed by atoms with Gasteiger partial charge in [0.2, 0.25) is 11.8 Å². The van der Waals surface area contributed by atoms with Gasteiger partial charge in [-0.2, -0.15) is 0 Å². The number of ether oxygens (including phenoxy) is 1. The minimum Gasteiger partial charge on any atom is -0.497 e. The van der Waals surface area contributed by atoms with Gasteiger partial charge in [-0.3, -0.25) is 14.5 Å². The molecule has 1 fully saturated rings. The molecule has 1 aliphatic rings. The molecule has 0 aliphatic carbocycles. The minimum atomic E-state index is -0.507. The van der Waals surface area contributed by atoms with Crippen molar-refractivity contribution >= 4 is 17.5 Å². The van der Waals surface area contributed by atoms with Gasteiger partial charge in [0.15, 0.2) is 0 Å². The summed E-state index contributed by atoms with van der Waals surface area (Å²) < 4.78 is 5.28. The van der Waals surface area contributed by atoms with Crippen LogP contribution in [-0.4, -0.2) is 69.1 Å². The summed E-state index contributed by atoms with van der Waals surface area (Å²) in [5.74, 6) is 0.599. The van der Waals surface area contributed by atoms with E-state index in [1.54, 1.807) is 14.0 Å². The zero-order chi connectivity index (χ0) is 18.9. The summed E-state index contributed by atoms with van der Waals surface area (Å²) in [7, 11) is 1.67. The Bertz CT molecular complexity index is 600. The Balaban J connectivity index is 1.75. The molecule has 7 nitrogen and oxygen atoms in total. The summed E-state index contributed by atoms with van der Waals surface area (Å²) in [6.45, 7) is 7.98. The van der Waals surface area contributed by atoms with Gasteiger partial charge in [0.1, 0.15) is 11.8 Å². The standard InChI is InChI=1S/C19H30N4O3/c1-4-8-20-19(25)15(2)21-18(24)14-22-9-11-23(12-10-22)16-6-5-7-17(13-16)26-3/h5-7,13,15H,4,8-12,14H2,1-3H3,(H,20,25)(H,21,24)/t15-/m0/s1. The number of methoxy groups -OCH3 is 1. The molecule has 0 bridgehead atoms. The molecule has 2 N–H and O–H groups in total. The molecule has 1 atom stereocenters. The third-order valence-electron chi connectivity index (χ3n) is 4.48. The topological polar surface area (TPSA) is 73.9 Å². The Morgan fingerprint density at radius 1 is 1.23 bits per heavy atom. The Kier molecular flexibility index (Phi) is 7.72. The molecule has 1 heterocycles. The molecule has 1 aromatic carbocycles. The van der Waals surface area contributed by atoms with E-state index in [2.05, 4.69) is 26.5 Å². The van der Waals surface area contributed by atoms with Crippen molar-refractivity contribution in [3.63, 3.8) is 0 Å². The Morgan fingerprint density at radius 2 is 1.96 bits per heavy atom. The van der Waals surface area contributed by atoms with E-state index in [1.165, 1.54) is 0 Å². The first-order valence-corrected chi connectivity index (χ1v) is 9.22. The molecule has 26 heavy (non-hydrogen) atoms. The summed E-state index contributed by atoms with van der Waals surface area (Å²) in [6.07, 6.45) is 0.879. The van der Waals surface area contributed by atoms with E-state index >= 15 is 0 Å². The Morgan fingerprint density at radius 3 is 2.62 bits per heavy atom. The molecular weight excluding hydrogens is 332 g/mol. The lowest BCUT2D eigenvalue weighted by atomic mass is 10.2. The second-order valence-corrected chi connectivity index (χ2v) is 6.54. The lowest BCUT2D eigenvalue weighted by molar-refractivity contribution is -0.129. The second-order valence-electron chi connectivity index (χ2n) is 6.54. The van der Waals surface area contributed by atoms with Gasteiger partial charge in [-0.1, -0.05) is 13.0 Å². The third kappa shape index (κ3) is 5.91. The molecule has 0 radical (unpaired) electrons. The number of rotatable bonds is 8. The van der Waals surface area contributed by atoms with Crippen LogP contribution >= 0.6 is 0 Å². The van der Waals surface area contributed by atoms with Crippen molar-refractivity contribution in [2.75, 3.05) is 51.3 Å². The summed E-state index contributed by atoms with van der Waals surface area (Å²) >= 11 is 0. The predicted molar refractivity (Wildman–Crippen MR) is 103 cm³/mol. The number of hydrogen-bond donors (Lipinski definition) is 2. The normalized spacial score (nSPS) is 16.0. The molecule has 1 aromatic rings. The van der Waals surface area contributed by atoms with E-state index < -0.39 is 6.04 Å². The average molecular weight is 362 g/mol. The van der Waals surface area contributed by atoms with E-state index in [0.717, 1.165) is 44.0 Å². The molecule has 0 saturated carbocycles. The molecule has 2 amide bonds. The first-order chi connectivity index (χ1) is 12.5. The molecule has 1 saturated heterocycles. The van der Waals surface area contributed by atoms with Crippen molar-refractivity contribution in [2.24, 2.45) is 0 Å². The van der Waals surface area contributed by atoms with Crippen molar-refractivity contribution in [3.05, 3.63) is 24.3 Å². The zero-order valence-electron chi connectivity index (χ0n) is 16.0. The zero-order valence-corrected chi connectivity index (χ0v) is 16.0. The van der Waals surface area contributed by atoms with Crippen LogP contribution in [0.15, 0.2) is 24.3 Å². The van der Waals surface area contributed by atoms with E-state index in [9.17, 15) is 9.59 Å². The molecule has 0 spiro atoms. The van der Waals surface area contributed by atoms with E-state index in [-0.39, 0.29) is 11.8 Å². The monoisotopic (exact) mass is 362 g/mol. The van der Waals surface area contributed by atoms with E-state index in [4.69, 9.17) is 4.74 Å². The van der Waals surface area contributed by atoms with Gasteiger partial charge in [-0.05, 0) is 25.5 Å². The smallest absolute Gasteiger partial charge is 0.242 e. The molecular formula is C19H30N4O3. The molecule has 0 aromatic heterocycles. The highest BCUT2D eigenvalue weighted by Crippen LogP contribution is 2.21. The number of amides is 2. The van der Waals surface area contributed by atoms with Crippen molar-refractivity contribution in [3.8, 4) is 5.75 Å². The maximum atomic E-state index is 12.2. The summed E-state index contributed by atoms with van der Waals surface area (Å²) in [5, 5.41) is 5.56. The van der Waals surface area contributed by atoms with Gasteiger partial charge in [-0.15, -0.1) is 0 Å². The van der Waals surface area contributed by atoms with Crippen molar-refractivity contribution in [2.45, 2.75) is 26.3 Å². The van der Waals surface area contributed by atoms with Crippen molar-refractivity contribution in [1.29, 1.82) is 0 Å². The SMILES string of the molecule is CCCNC(=O)[C@H](C)NC(=O)CN1CCN(c2cccc(OC)c2)CC1. The highest BCUT2D eigenvalue weighted by atomic mass is 16.5. The molecule has 1 aliphatic heterocycles. The minimum absolute atomic E-state index is 0.112. The summed E-state index contributed by atoms with van der Waals surface area (Å²) in [6, 6.07) is 7.51. The van der Waals surface area contributed by atoms with E-state index in [1.807, 2.05) is 25.1 Å². The Labute approximate surface area is 155 Å². The molecule has 2 rings (SSSR count). The first-order valence-electron chi connectivity index (χ1n) is 9.22. The average Bonchev–Trinajstić information content (AvgIpc) is 2.66. The van der Waals surface area contributed by atoms with Crippen LogP contribution in [0.25, 0.3) is 0 Å². The fraction of sp³-hybridized carbons (Fsp3) is 0.579. The molecule has 0 unspecified atom stereocenters. The maximum absolute atomic E-state index is 12.2. The highest BCUT2D eigenvalue weighted by molar-refractivity contribution is 5.87. The van der Waals surface area contributed by atoms with Crippen LogP contribution in [0.2, 0.25) is 0 Å². The van der Waals surface area contributed by atoms with Crippen LogP contribution < -0.4 is 20.3 Å². The van der Waals surface area contributed by atoms with Crippen LogP contribution in [0, 0.1) is 0 Å². The predicted octanol–water partition coefficient (Wildman–Crippen LogP) is 0.848. The number of carbonyl (C=O) groups excluding carboxylic acids is 2. The Hall–Kier alpha value is -2.28. The van der Waals surface area contributed by atoms with Crippen LogP contribution in [0.4, 0.5) is 5.69 Å². The number of nitrogens with zero attached hydrogens (tertiary/aromatic N) is 2. The number of anilines is 1. The number of nitrogens with one attached hydrogen (secondary N) is 2. The van der Waals surface area contributed by atoms with Gasteiger partial charge in [0.25, 0.3) is 0 Å². The highest BCUT2D eigenvalue weighted by Gasteiger charge is 2.21. The number of carbonyl (C=O) groups is 2. The fourth-order valence-electron chi connectivity index (χ4n) is 2.93. The van der Waals surface area contributed by atoms with Crippen molar-refractivity contribution < 1.29 is 14.3 Å². The van der Waals surface area contributed by atoms with Gasteiger partial charge in [0.05, 0.1) is 13.7 Å². The van der Waals surface area contributed by atoms with Gasteiger partial charge in [-0.25, -0.2) is 0 Å². The van der Waals surface area contributed by atoms with Gasteiger partial charge in [0, 0.05) is 44.5 Å². The van der Waals surface area contributed by atoms with Crippen LogP contribution in [-0.2, 0) is 9.59 Å². The van der Waals surface area contributed by atoms with Gasteiger partial charge >= 0.3 is 0 Å². The number of benzene rings is 1. The van der Waals surface area contributed by atoms with Crippen LogP contribution in [0.1, 0.15) is 20.3 Å². The summed E-state index contributed by atoms with van der Waals surface area (Å²) in [4.78, 5) is 28.4. The maximum Gasteiger partial charge on any atom is 0.242 e. The largest absolute Gasteiger partial charge is 0.497 e. The van der Waals surface area contributed by atoms with Crippen molar-refractivity contribution in [1.82, 2.24) is 15.5 Å². The number of hydrogen-bond acceptors (Lipinski definition) is 5. The second kappa shape index (κ2) is 10.0.